The molecule has 0 aromatic heterocycles. The molecule has 4 heteroatoms. The zero-order valence-corrected chi connectivity index (χ0v) is 19.2. The highest BCUT2D eigenvalue weighted by Crippen LogP contribution is 2.52. The third kappa shape index (κ3) is 3.99. The number of piperidine rings is 1. The van der Waals surface area contributed by atoms with Gasteiger partial charge >= 0.3 is 0 Å². The Morgan fingerprint density at radius 1 is 1.00 bits per heavy atom. The monoisotopic (exact) mass is 432 g/mol. The molecule has 2 aromatic rings. The summed E-state index contributed by atoms with van der Waals surface area (Å²) < 4.78 is 0. The van der Waals surface area contributed by atoms with Gasteiger partial charge < -0.3 is 10.0 Å². The van der Waals surface area contributed by atoms with Gasteiger partial charge in [-0.05, 0) is 48.6 Å². The highest BCUT2D eigenvalue weighted by Gasteiger charge is 2.57. The summed E-state index contributed by atoms with van der Waals surface area (Å²) in [4.78, 5) is 18.3. The quantitative estimate of drug-likeness (QED) is 0.677. The maximum atomic E-state index is 13.8. The maximum absolute atomic E-state index is 13.8. The first-order chi connectivity index (χ1) is 15.6. The smallest absolute Gasteiger partial charge is 0.259 e. The van der Waals surface area contributed by atoms with E-state index < -0.39 is 5.60 Å². The summed E-state index contributed by atoms with van der Waals surface area (Å²) >= 11 is 0. The molecule has 1 N–H and O–H groups in total. The van der Waals surface area contributed by atoms with Crippen molar-refractivity contribution in [1.29, 1.82) is 0 Å². The average Bonchev–Trinajstić information content (AvgIpc) is 3.24. The second-order valence-corrected chi connectivity index (χ2v) is 10.1. The van der Waals surface area contributed by atoms with Crippen molar-refractivity contribution in [3.8, 4) is 0 Å². The van der Waals surface area contributed by atoms with Crippen LogP contribution in [0.3, 0.4) is 0 Å². The first-order valence-corrected chi connectivity index (χ1v) is 12.4. The Hall–Kier alpha value is -2.17. The molecule has 0 radical (unpaired) electrons. The molecule has 0 spiro atoms. The third-order valence-corrected chi connectivity index (χ3v) is 8.28. The SMILES string of the molecule is CCN(CC1C2CN(Cc3ccccc3)CC21)C(=O)[C@@](O)(c1ccccc1)C1CCCC1. The number of rotatable bonds is 8. The van der Waals surface area contributed by atoms with Crippen LogP contribution in [0.1, 0.15) is 43.7 Å². The number of likely N-dealkylation sites (tertiary alicyclic amines) is 1. The van der Waals surface area contributed by atoms with Crippen LogP contribution in [0.15, 0.2) is 60.7 Å². The van der Waals surface area contributed by atoms with E-state index in [1.54, 1.807) is 0 Å². The van der Waals surface area contributed by atoms with Crippen molar-refractivity contribution in [2.45, 2.75) is 44.8 Å². The number of carbonyl (C=O) groups is 1. The van der Waals surface area contributed by atoms with E-state index in [4.69, 9.17) is 0 Å². The van der Waals surface area contributed by atoms with Gasteiger partial charge in [-0.2, -0.15) is 0 Å². The Balaban J connectivity index is 1.25. The number of benzene rings is 2. The Kier molecular flexibility index (Phi) is 6.09. The van der Waals surface area contributed by atoms with Gasteiger partial charge in [-0.25, -0.2) is 0 Å². The number of aliphatic hydroxyl groups is 1. The molecule has 170 valence electrons. The molecule has 32 heavy (non-hydrogen) atoms. The van der Waals surface area contributed by atoms with Gasteiger partial charge in [0.25, 0.3) is 5.91 Å². The number of fused-ring (bicyclic) bond motifs is 1. The molecular weight excluding hydrogens is 396 g/mol. The molecule has 4 nitrogen and oxygen atoms in total. The topological polar surface area (TPSA) is 43.8 Å². The van der Waals surface area contributed by atoms with Gasteiger partial charge in [0, 0.05) is 38.6 Å². The van der Waals surface area contributed by atoms with Gasteiger partial charge in [0.05, 0.1) is 0 Å². The fourth-order valence-corrected chi connectivity index (χ4v) is 6.40. The molecule has 2 aliphatic carbocycles. The first kappa shape index (κ1) is 21.7. The van der Waals surface area contributed by atoms with Gasteiger partial charge in [0.1, 0.15) is 0 Å². The van der Waals surface area contributed by atoms with E-state index in [0.29, 0.717) is 24.3 Å². The van der Waals surface area contributed by atoms with Crippen LogP contribution in [0.2, 0.25) is 0 Å². The summed E-state index contributed by atoms with van der Waals surface area (Å²) in [5.41, 5.74) is 0.748. The van der Waals surface area contributed by atoms with Crippen LogP contribution in [-0.4, -0.2) is 47.0 Å². The van der Waals surface area contributed by atoms with Crippen LogP contribution in [0.25, 0.3) is 0 Å². The van der Waals surface area contributed by atoms with Crippen molar-refractivity contribution in [3.63, 3.8) is 0 Å². The molecule has 5 rings (SSSR count). The van der Waals surface area contributed by atoms with Crippen molar-refractivity contribution in [2.24, 2.45) is 23.7 Å². The number of hydrogen-bond donors (Lipinski definition) is 1. The lowest BCUT2D eigenvalue weighted by Crippen LogP contribution is -2.51. The van der Waals surface area contributed by atoms with Crippen molar-refractivity contribution >= 4 is 5.91 Å². The van der Waals surface area contributed by atoms with E-state index in [2.05, 4.69) is 42.2 Å². The van der Waals surface area contributed by atoms with Crippen LogP contribution in [-0.2, 0) is 16.9 Å². The highest BCUT2D eigenvalue weighted by molar-refractivity contribution is 5.87. The molecular formula is C28H36N2O2. The fraction of sp³-hybridized carbons (Fsp3) is 0.536. The molecule has 3 atom stereocenters. The summed E-state index contributed by atoms with van der Waals surface area (Å²) in [5, 5.41) is 11.9. The molecule has 1 aliphatic heterocycles. The number of nitrogens with zero attached hydrogens (tertiary/aromatic N) is 2. The summed E-state index contributed by atoms with van der Waals surface area (Å²) in [7, 11) is 0. The minimum atomic E-state index is -1.39. The molecule has 1 heterocycles. The molecule has 1 saturated heterocycles. The summed E-state index contributed by atoms with van der Waals surface area (Å²) in [5.74, 6) is 1.90. The molecule has 2 unspecified atom stereocenters. The molecule has 2 aromatic carbocycles. The van der Waals surface area contributed by atoms with Crippen molar-refractivity contribution in [1.82, 2.24) is 9.80 Å². The van der Waals surface area contributed by atoms with Crippen molar-refractivity contribution in [2.75, 3.05) is 26.2 Å². The van der Waals surface area contributed by atoms with Crippen LogP contribution in [0, 0.1) is 23.7 Å². The normalized spacial score (nSPS) is 27.1. The standard InChI is InChI=1S/C28H36N2O2/c1-2-30(20-26-24-18-29(19-25(24)26)17-21-11-5-3-6-12-21)27(31)28(32,23-15-9-10-16-23)22-13-7-4-8-14-22/h3-8,11-14,23-26,32H,2,9-10,15-20H2,1H3/t24?,25?,26?,28-/m1/s1. The largest absolute Gasteiger partial charge is 0.375 e. The van der Waals surface area contributed by atoms with Gasteiger partial charge in [0.2, 0.25) is 0 Å². The van der Waals surface area contributed by atoms with E-state index in [-0.39, 0.29) is 11.8 Å². The van der Waals surface area contributed by atoms with Crippen LogP contribution < -0.4 is 0 Å². The van der Waals surface area contributed by atoms with Crippen molar-refractivity contribution in [3.05, 3.63) is 71.8 Å². The Bertz CT molecular complexity index is 900. The first-order valence-electron chi connectivity index (χ1n) is 12.4. The van der Waals surface area contributed by atoms with E-state index in [9.17, 15) is 9.90 Å². The highest BCUT2D eigenvalue weighted by atomic mass is 16.3. The second-order valence-electron chi connectivity index (χ2n) is 10.1. The van der Waals surface area contributed by atoms with E-state index in [1.807, 2.05) is 35.2 Å². The Morgan fingerprint density at radius 3 is 2.19 bits per heavy atom. The molecule has 3 aliphatic rings. The van der Waals surface area contributed by atoms with E-state index in [1.165, 1.54) is 5.56 Å². The lowest BCUT2D eigenvalue weighted by Gasteiger charge is -2.38. The lowest BCUT2D eigenvalue weighted by molar-refractivity contribution is -0.159. The predicted octanol–water partition coefficient (Wildman–Crippen LogP) is 4.29. The summed E-state index contributed by atoms with van der Waals surface area (Å²) in [6.45, 7) is 6.77. The van der Waals surface area contributed by atoms with Crippen LogP contribution >= 0.6 is 0 Å². The molecule has 2 saturated carbocycles. The number of hydrogen-bond acceptors (Lipinski definition) is 3. The van der Waals surface area contributed by atoms with Gasteiger partial charge in [0.15, 0.2) is 5.60 Å². The van der Waals surface area contributed by atoms with Gasteiger partial charge in [-0.15, -0.1) is 0 Å². The zero-order valence-electron chi connectivity index (χ0n) is 19.2. The Morgan fingerprint density at radius 2 is 1.59 bits per heavy atom. The fourth-order valence-electron chi connectivity index (χ4n) is 6.40. The van der Waals surface area contributed by atoms with Crippen molar-refractivity contribution < 1.29 is 9.90 Å². The number of likely N-dealkylation sites (N-methyl/N-ethyl adjacent to an activating group) is 1. The third-order valence-electron chi connectivity index (χ3n) is 8.28. The second kappa shape index (κ2) is 8.99. The van der Waals surface area contributed by atoms with E-state index >= 15 is 0 Å². The molecule has 3 fully saturated rings. The average molecular weight is 433 g/mol. The number of amides is 1. The zero-order chi connectivity index (χ0) is 22.1. The van der Waals surface area contributed by atoms with Crippen LogP contribution in [0.5, 0.6) is 0 Å². The van der Waals surface area contributed by atoms with E-state index in [0.717, 1.165) is 57.4 Å². The lowest BCUT2D eigenvalue weighted by atomic mass is 9.79. The summed E-state index contributed by atoms with van der Waals surface area (Å²) in [6.07, 6.45) is 4.06. The molecule has 0 bridgehead atoms. The van der Waals surface area contributed by atoms with Crippen LogP contribution in [0.4, 0.5) is 0 Å². The van der Waals surface area contributed by atoms with Gasteiger partial charge in [-0.3, -0.25) is 9.69 Å². The molecule has 1 amide bonds. The minimum Gasteiger partial charge on any atom is -0.375 e. The summed E-state index contributed by atoms with van der Waals surface area (Å²) in [6, 6.07) is 20.4. The van der Waals surface area contributed by atoms with Gasteiger partial charge in [-0.1, -0.05) is 73.5 Å². The maximum Gasteiger partial charge on any atom is 0.259 e. The predicted molar refractivity (Wildman–Crippen MR) is 127 cm³/mol. The minimum absolute atomic E-state index is 0.0199. The Labute approximate surface area is 192 Å². The number of carbonyl (C=O) groups excluding carboxylic acids is 1.